The fourth-order valence-electron chi connectivity index (χ4n) is 1.62. The Morgan fingerprint density at radius 3 is 2.47 bits per heavy atom. The van der Waals surface area contributed by atoms with Crippen molar-refractivity contribution in [2.24, 2.45) is 0 Å². The number of rotatable bonds is 3. The van der Waals surface area contributed by atoms with Gasteiger partial charge in [0.1, 0.15) is 17.5 Å². The van der Waals surface area contributed by atoms with E-state index in [0.29, 0.717) is 10.1 Å². The second-order valence-corrected chi connectivity index (χ2v) is 4.94. The minimum absolute atomic E-state index is 0.206. The lowest BCUT2D eigenvalue weighted by atomic mass is 10.1. The Balaban J connectivity index is 2.40. The van der Waals surface area contributed by atoms with Gasteiger partial charge in [-0.2, -0.15) is 0 Å². The van der Waals surface area contributed by atoms with Gasteiger partial charge in [0, 0.05) is 16.5 Å². The molecule has 0 fully saturated rings. The number of aromatic nitrogens is 2. The van der Waals surface area contributed by atoms with Gasteiger partial charge in [0.05, 0.1) is 6.10 Å². The average Bonchev–Trinajstić information content (AvgIpc) is 2.26. The molecule has 0 aliphatic heterocycles. The van der Waals surface area contributed by atoms with Crippen LogP contribution >= 0.6 is 11.8 Å². The van der Waals surface area contributed by atoms with Crippen LogP contribution in [0.15, 0.2) is 34.3 Å². The van der Waals surface area contributed by atoms with Gasteiger partial charge in [0.15, 0.2) is 5.16 Å². The lowest BCUT2D eigenvalue weighted by Crippen LogP contribution is -2.01. The number of aliphatic hydroxyl groups is 1. The molecule has 1 atom stereocenters. The molecule has 0 unspecified atom stereocenters. The van der Waals surface area contributed by atoms with E-state index >= 15 is 0 Å². The molecule has 5 nitrogen and oxygen atoms in total. The number of nitrogens with zero attached hydrogens (tertiary/aromatic N) is 2. The highest BCUT2D eigenvalue weighted by molar-refractivity contribution is 7.99. The van der Waals surface area contributed by atoms with Crippen molar-refractivity contribution in [2.45, 2.75) is 23.1 Å². The van der Waals surface area contributed by atoms with Crippen LogP contribution in [-0.2, 0) is 0 Å². The van der Waals surface area contributed by atoms with Crippen LogP contribution < -0.4 is 11.5 Å². The summed E-state index contributed by atoms with van der Waals surface area (Å²) in [6, 6.07) is 5.96. The zero-order valence-corrected chi connectivity index (χ0v) is 11.0. The summed E-state index contributed by atoms with van der Waals surface area (Å²) in [6.07, 6.45) is -0.929. The summed E-state index contributed by atoms with van der Waals surface area (Å²) in [5.41, 5.74) is 11.4. The SMILES string of the molecule is C[C@H](O)c1c(F)cccc1Sc1nc(N)cc(N)n1. The largest absolute Gasteiger partial charge is 0.389 e. The smallest absolute Gasteiger partial charge is 0.196 e. The van der Waals surface area contributed by atoms with Crippen molar-refractivity contribution >= 4 is 23.4 Å². The van der Waals surface area contributed by atoms with Crippen LogP contribution in [-0.4, -0.2) is 15.1 Å². The van der Waals surface area contributed by atoms with E-state index < -0.39 is 11.9 Å². The van der Waals surface area contributed by atoms with Gasteiger partial charge in [0.25, 0.3) is 0 Å². The Morgan fingerprint density at radius 2 is 1.89 bits per heavy atom. The summed E-state index contributed by atoms with van der Waals surface area (Å²) in [5, 5.41) is 9.94. The molecular weight excluding hydrogens is 267 g/mol. The maximum Gasteiger partial charge on any atom is 0.196 e. The minimum Gasteiger partial charge on any atom is -0.389 e. The van der Waals surface area contributed by atoms with Crippen molar-refractivity contribution < 1.29 is 9.50 Å². The molecule has 0 spiro atoms. The Hall–Kier alpha value is -1.86. The highest BCUT2D eigenvalue weighted by Crippen LogP contribution is 2.33. The number of halogens is 1. The molecule has 0 amide bonds. The molecule has 0 aliphatic rings. The van der Waals surface area contributed by atoms with Gasteiger partial charge in [-0.1, -0.05) is 6.07 Å². The van der Waals surface area contributed by atoms with Crippen LogP contribution in [0.3, 0.4) is 0 Å². The third-order valence-electron chi connectivity index (χ3n) is 2.38. The van der Waals surface area contributed by atoms with Gasteiger partial charge >= 0.3 is 0 Å². The third kappa shape index (κ3) is 3.12. The lowest BCUT2D eigenvalue weighted by Gasteiger charge is -2.12. The van der Waals surface area contributed by atoms with E-state index in [1.807, 2.05) is 0 Å². The topological polar surface area (TPSA) is 98.0 Å². The van der Waals surface area contributed by atoms with Crippen LogP contribution in [0.5, 0.6) is 0 Å². The molecule has 7 heteroatoms. The Bertz CT molecular complexity index is 586. The van der Waals surface area contributed by atoms with Crippen LogP contribution in [0.4, 0.5) is 16.0 Å². The number of hydrogen-bond donors (Lipinski definition) is 3. The summed E-state index contributed by atoms with van der Waals surface area (Å²) in [5.74, 6) is 0.00637. The summed E-state index contributed by atoms with van der Waals surface area (Å²) in [6.45, 7) is 1.50. The number of benzene rings is 1. The fourth-order valence-corrected chi connectivity index (χ4v) is 2.64. The molecule has 2 aromatic rings. The van der Waals surface area contributed by atoms with Crippen molar-refractivity contribution in [2.75, 3.05) is 11.5 Å². The Morgan fingerprint density at radius 1 is 1.26 bits per heavy atom. The summed E-state index contributed by atoms with van der Waals surface area (Å²) >= 11 is 1.10. The van der Waals surface area contributed by atoms with E-state index in [1.165, 1.54) is 19.1 Å². The first-order chi connectivity index (χ1) is 8.97. The predicted molar refractivity (Wildman–Crippen MR) is 72.0 cm³/mol. The zero-order valence-electron chi connectivity index (χ0n) is 10.2. The molecule has 0 saturated heterocycles. The first-order valence-corrected chi connectivity index (χ1v) is 6.33. The second-order valence-electron chi connectivity index (χ2n) is 3.93. The summed E-state index contributed by atoms with van der Waals surface area (Å²) in [7, 11) is 0. The zero-order chi connectivity index (χ0) is 14.0. The first-order valence-electron chi connectivity index (χ1n) is 5.51. The second kappa shape index (κ2) is 5.41. The minimum atomic E-state index is -0.929. The summed E-state index contributed by atoms with van der Waals surface area (Å²) in [4.78, 5) is 8.54. The number of anilines is 2. The molecule has 5 N–H and O–H groups in total. The van der Waals surface area contributed by atoms with Crippen molar-refractivity contribution in [1.29, 1.82) is 0 Å². The van der Waals surface area contributed by atoms with Crippen LogP contribution in [0.1, 0.15) is 18.6 Å². The molecule has 19 heavy (non-hydrogen) atoms. The van der Waals surface area contributed by atoms with E-state index in [-0.39, 0.29) is 17.2 Å². The van der Waals surface area contributed by atoms with Crippen molar-refractivity contribution in [1.82, 2.24) is 9.97 Å². The lowest BCUT2D eigenvalue weighted by molar-refractivity contribution is 0.191. The van der Waals surface area contributed by atoms with Crippen molar-refractivity contribution in [3.63, 3.8) is 0 Å². The molecule has 0 aliphatic carbocycles. The molecule has 1 aromatic heterocycles. The van der Waals surface area contributed by atoms with E-state index in [0.717, 1.165) is 11.8 Å². The molecule has 1 heterocycles. The van der Waals surface area contributed by atoms with Gasteiger partial charge in [-0.15, -0.1) is 0 Å². The van der Waals surface area contributed by atoms with Crippen LogP contribution in [0, 0.1) is 5.82 Å². The van der Waals surface area contributed by atoms with Gasteiger partial charge in [-0.3, -0.25) is 0 Å². The molecule has 0 saturated carbocycles. The molecule has 0 radical (unpaired) electrons. The number of hydrogen-bond acceptors (Lipinski definition) is 6. The third-order valence-corrected chi connectivity index (χ3v) is 3.32. The monoisotopic (exact) mass is 280 g/mol. The van der Waals surface area contributed by atoms with E-state index in [4.69, 9.17) is 11.5 Å². The molecule has 1 aromatic carbocycles. The highest BCUT2D eigenvalue weighted by Gasteiger charge is 2.15. The van der Waals surface area contributed by atoms with Gasteiger partial charge in [-0.05, 0) is 30.8 Å². The average molecular weight is 280 g/mol. The predicted octanol–water partition coefficient (Wildman–Crippen LogP) is 1.98. The maximum atomic E-state index is 13.7. The first kappa shape index (κ1) is 13.6. The Labute approximate surface area is 113 Å². The van der Waals surface area contributed by atoms with E-state index in [9.17, 15) is 9.50 Å². The quantitative estimate of drug-likeness (QED) is 0.744. The van der Waals surface area contributed by atoms with Gasteiger partial charge in [0.2, 0.25) is 0 Å². The standard InChI is InChI=1S/C12H13FN4OS/c1-6(18)11-7(13)3-2-4-8(11)19-12-16-9(14)5-10(15)17-12/h2-6,18H,1H3,(H4,14,15,16,17)/t6-/m0/s1. The van der Waals surface area contributed by atoms with Crippen LogP contribution in [0.25, 0.3) is 0 Å². The maximum absolute atomic E-state index is 13.7. The van der Waals surface area contributed by atoms with Gasteiger partial charge < -0.3 is 16.6 Å². The molecular formula is C12H13FN4OS. The molecule has 0 bridgehead atoms. The Kier molecular flexibility index (Phi) is 3.87. The van der Waals surface area contributed by atoms with E-state index in [1.54, 1.807) is 12.1 Å². The van der Waals surface area contributed by atoms with Gasteiger partial charge in [-0.25, -0.2) is 14.4 Å². The molecule has 2 rings (SSSR count). The molecule has 100 valence electrons. The number of nitrogen functional groups attached to an aromatic ring is 2. The van der Waals surface area contributed by atoms with Crippen molar-refractivity contribution in [3.05, 3.63) is 35.6 Å². The fraction of sp³-hybridized carbons (Fsp3) is 0.167. The normalized spacial score (nSPS) is 12.4. The van der Waals surface area contributed by atoms with Crippen molar-refractivity contribution in [3.8, 4) is 0 Å². The number of aliphatic hydroxyl groups excluding tert-OH is 1. The highest BCUT2D eigenvalue weighted by atomic mass is 32.2. The number of nitrogens with two attached hydrogens (primary N) is 2. The van der Waals surface area contributed by atoms with E-state index in [2.05, 4.69) is 9.97 Å². The summed E-state index contributed by atoms with van der Waals surface area (Å²) < 4.78 is 13.7. The van der Waals surface area contributed by atoms with Crippen LogP contribution in [0.2, 0.25) is 0 Å².